The molecular weight excluding hydrogens is 364 g/mol. The molecule has 5 heteroatoms. The maximum atomic E-state index is 12.0. The van der Waals surface area contributed by atoms with Gasteiger partial charge >= 0.3 is 5.97 Å². The van der Waals surface area contributed by atoms with Crippen LogP contribution in [0.25, 0.3) is 0 Å². The van der Waals surface area contributed by atoms with Crippen molar-refractivity contribution in [2.75, 3.05) is 6.61 Å². The third-order valence-electron chi connectivity index (χ3n) is 5.13. The van der Waals surface area contributed by atoms with Crippen LogP contribution in [0.5, 0.6) is 0 Å². The van der Waals surface area contributed by atoms with E-state index in [2.05, 4.69) is 0 Å². The molecule has 2 atom stereocenters. The van der Waals surface area contributed by atoms with E-state index in [0.29, 0.717) is 30.9 Å². The first-order valence-electron chi connectivity index (χ1n) is 9.94. The van der Waals surface area contributed by atoms with E-state index < -0.39 is 11.2 Å². The van der Waals surface area contributed by atoms with Crippen molar-refractivity contribution in [1.82, 2.24) is 0 Å². The zero-order chi connectivity index (χ0) is 20.1. The molecule has 1 fully saturated rings. The maximum absolute atomic E-state index is 12.0. The summed E-state index contributed by atoms with van der Waals surface area (Å²) < 4.78 is 11.7. The minimum Gasteiger partial charge on any atom is -0.465 e. The van der Waals surface area contributed by atoms with E-state index in [1.165, 1.54) is 0 Å². The van der Waals surface area contributed by atoms with Crippen LogP contribution in [0.3, 0.4) is 0 Å². The molecule has 1 aromatic rings. The van der Waals surface area contributed by atoms with E-state index in [-0.39, 0.29) is 18.0 Å². The Kier molecular flexibility index (Phi) is 7.73. The standard InChI is InChI=1S/C22H33ClO4/c1-16(12-15-26-20(24)21(2,3)4)19(17-10-6-7-11-18(17)23)27-22(25)13-8-5-9-14-22/h6-7,10-11,16,19,25H,5,8-9,12-15H2,1-4H3/t16-,19+/m1/s1. The largest absolute Gasteiger partial charge is 0.465 e. The fraction of sp³-hybridized carbons (Fsp3) is 0.682. The number of aliphatic hydroxyl groups is 1. The van der Waals surface area contributed by atoms with Crippen molar-refractivity contribution in [3.8, 4) is 0 Å². The van der Waals surface area contributed by atoms with Gasteiger partial charge in [-0.25, -0.2) is 0 Å². The Hall–Kier alpha value is -1.10. The molecule has 2 rings (SSSR count). The average Bonchev–Trinajstić information content (AvgIpc) is 2.60. The molecule has 0 spiro atoms. The highest BCUT2D eigenvalue weighted by molar-refractivity contribution is 6.31. The first-order valence-corrected chi connectivity index (χ1v) is 10.3. The molecule has 4 nitrogen and oxygen atoms in total. The summed E-state index contributed by atoms with van der Waals surface area (Å²) in [6, 6.07) is 7.59. The van der Waals surface area contributed by atoms with Crippen LogP contribution in [0.4, 0.5) is 0 Å². The van der Waals surface area contributed by atoms with E-state index in [1.807, 2.05) is 52.0 Å². The van der Waals surface area contributed by atoms with Crippen molar-refractivity contribution < 1.29 is 19.4 Å². The van der Waals surface area contributed by atoms with Crippen LogP contribution in [0, 0.1) is 11.3 Å². The van der Waals surface area contributed by atoms with Crippen molar-refractivity contribution >= 4 is 17.6 Å². The predicted molar refractivity (Wildman–Crippen MR) is 108 cm³/mol. The van der Waals surface area contributed by atoms with Crippen LogP contribution in [0.15, 0.2) is 24.3 Å². The van der Waals surface area contributed by atoms with Gasteiger partial charge in [0.25, 0.3) is 0 Å². The van der Waals surface area contributed by atoms with Crippen molar-refractivity contribution in [2.24, 2.45) is 11.3 Å². The summed E-state index contributed by atoms with van der Waals surface area (Å²) >= 11 is 6.42. The van der Waals surface area contributed by atoms with Gasteiger partial charge in [0, 0.05) is 17.9 Å². The smallest absolute Gasteiger partial charge is 0.311 e. The molecule has 1 N–H and O–H groups in total. The quantitative estimate of drug-likeness (QED) is 0.476. The van der Waals surface area contributed by atoms with Crippen molar-refractivity contribution in [1.29, 1.82) is 0 Å². The highest BCUT2D eigenvalue weighted by Gasteiger charge is 2.36. The molecule has 0 bridgehead atoms. The second-order valence-corrected chi connectivity index (χ2v) is 9.13. The van der Waals surface area contributed by atoms with Gasteiger partial charge in [-0.3, -0.25) is 4.79 Å². The number of hydrogen-bond acceptors (Lipinski definition) is 4. The second-order valence-electron chi connectivity index (χ2n) is 8.72. The minimum absolute atomic E-state index is 0.0311. The van der Waals surface area contributed by atoms with Gasteiger partial charge in [-0.2, -0.15) is 0 Å². The molecule has 1 aliphatic rings. The predicted octanol–water partition coefficient (Wildman–Crippen LogP) is 5.67. The lowest BCUT2D eigenvalue weighted by Crippen LogP contribution is -2.37. The molecule has 1 saturated carbocycles. The highest BCUT2D eigenvalue weighted by Crippen LogP contribution is 2.40. The normalized spacial score (nSPS) is 19.3. The molecular formula is C22H33ClO4. The van der Waals surface area contributed by atoms with Crippen LogP contribution >= 0.6 is 11.6 Å². The van der Waals surface area contributed by atoms with Crippen molar-refractivity contribution in [3.05, 3.63) is 34.9 Å². The second kappa shape index (κ2) is 9.40. The Bertz CT molecular complexity index is 617. The lowest BCUT2D eigenvalue weighted by molar-refractivity contribution is -0.256. The lowest BCUT2D eigenvalue weighted by Gasteiger charge is -2.38. The SMILES string of the molecule is C[C@H](CCOC(=O)C(C)(C)C)[C@H](OC1(O)CCCCC1)c1ccccc1Cl. The Morgan fingerprint density at radius 1 is 1.22 bits per heavy atom. The Labute approximate surface area is 168 Å². The summed E-state index contributed by atoms with van der Waals surface area (Å²) in [6.45, 7) is 7.89. The molecule has 1 aromatic carbocycles. The molecule has 152 valence electrons. The molecule has 0 aromatic heterocycles. The lowest BCUT2D eigenvalue weighted by atomic mass is 9.91. The van der Waals surface area contributed by atoms with E-state index in [4.69, 9.17) is 21.1 Å². The zero-order valence-corrected chi connectivity index (χ0v) is 17.7. The van der Waals surface area contributed by atoms with Crippen LogP contribution in [0.1, 0.15) is 77.9 Å². The summed E-state index contributed by atoms with van der Waals surface area (Å²) in [6.07, 6.45) is 4.61. The van der Waals surface area contributed by atoms with Crippen LogP contribution in [-0.4, -0.2) is 23.5 Å². The average molecular weight is 397 g/mol. The summed E-state index contributed by atoms with van der Waals surface area (Å²) in [7, 11) is 0. The number of carbonyl (C=O) groups excluding carboxylic acids is 1. The van der Waals surface area contributed by atoms with Crippen LogP contribution in [-0.2, 0) is 14.3 Å². The van der Waals surface area contributed by atoms with Gasteiger partial charge in [0.1, 0.15) is 0 Å². The van der Waals surface area contributed by atoms with E-state index in [1.54, 1.807) is 0 Å². The third kappa shape index (κ3) is 6.48. The third-order valence-corrected chi connectivity index (χ3v) is 5.47. The summed E-state index contributed by atoms with van der Waals surface area (Å²) in [4.78, 5) is 12.0. The fourth-order valence-corrected chi connectivity index (χ4v) is 3.60. The number of halogens is 1. The molecule has 1 aliphatic carbocycles. The van der Waals surface area contributed by atoms with Gasteiger partial charge in [0.2, 0.25) is 0 Å². The number of rotatable bonds is 7. The van der Waals surface area contributed by atoms with E-state index in [9.17, 15) is 9.90 Å². The van der Waals surface area contributed by atoms with Gasteiger partial charge in [-0.05, 0) is 57.6 Å². The summed E-state index contributed by atoms with van der Waals surface area (Å²) in [5.41, 5.74) is 0.354. The molecule has 0 unspecified atom stereocenters. The van der Waals surface area contributed by atoms with Gasteiger partial charge < -0.3 is 14.6 Å². The fourth-order valence-electron chi connectivity index (χ4n) is 3.36. The maximum Gasteiger partial charge on any atom is 0.311 e. The van der Waals surface area contributed by atoms with Crippen LogP contribution in [0.2, 0.25) is 5.02 Å². The number of benzene rings is 1. The molecule has 0 radical (unpaired) electrons. The van der Waals surface area contributed by atoms with E-state index in [0.717, 1.165) is 24.8 Å². The molecule has 27 heavy (non-hydrogen) atoms. The van der Waals surface area contributed by atoms with Crippen molar-refractivity contribution in [2.45, 2.75) is 78.1 Å². The molecule has 0 heterocycles. The van der Waals surface area contributed by atoms with Crippen LogP contribution < -0.4 is 0 Å². The summed E-state index contributed by atoms with van der Waals surface area (Å²) in [5, 5.41) is 11.5. The van der Waals surface area contributed by atoms with E-state index >= 15 is 0 Å². The van der Waals surface area contributed by atoms with Crippen molar-refractivity contribution in [3.63, 3.8) is 0 Å². The Morgan fingerprint density at radius 3 is 2.44 bits per heavy atom. The minimum atomic E-state index is -1.11. The molecule has 0 aliphatic heterocycles. The van der Waals surface area contributed by atoms with Gasteiger partial charge in [0.15, 0.2) is 5.79 Å². The van der Waals surface area contributed by atoms with Gasteiger partial charge in [0.05, 0.1) is 18.1 Å². The number of hydrogen-bond donors (Lipinski definition) is 1. The number of ether oxygens (including phenoxy) is 2. The van der Waals surface area contributed by atoms with Gasteiger partial charge in [-0.15, -0.1) is 0 Å². The zero-order valence-electron chi connectivity index (χ0n) is 17.0. The Morgan fingerprint density at radius 2 is 1.85 bits per heavy atom. The number of carbonyl (C=O) groups is 1. The summed E-state index contributed by atoms with van der Waals surface area (Å²) in [5.74, 6) is -1.29. The Balaban J connectivity index is 2.09. The topological polar surface area (TPSA) is 55.8 Å². The molecule has 0 saturated heterocycles. The molecule has 0 amide bonds. The number of esters is 1. The first-order chi connectivity index (χ1) is 12.6. The first kappa shape index (κ1) is 22.2. The highest BCUT2D eigenvalue weighted by atomic mass is 35.5. The monoisotopic (exact) mass is 396 g/mol. The van der Waals surface area contributed by atoms with Gasteiger partial charge in [-0.1, -0.05) is 43.1 Å².